The fourth-order valence-electron chi connectivity index (χ4n) is 2.66. The van der Waals surface area contributed by atoms with Crippen LogP contribution in [0.25, 0.3) is 0 Å². The number of furan rings is 1. The molecule has 0 saturated heterocycles. The average Bonchev–Trinajstić information content (AvgIpc) is 2.98. The normalized spacial score (nSPS) is 19.8. The predicted molar refractivity (Wildman–Crippen MR) is 69.1 cm³/mol. The second-order valence-corrected chi connectivity index (χ2v) is 4.85. The van der Waals surface area contributed by atoms with Gasteiger partial charge in [0.15, 0.2) is 5.22 Å². The summed E-state index contributed by atoms with van der Waals surface area (Å²) in [5, 5.41) is 0.379. The van der Waals surface area contributed by atoms with E-state index in [0.29, 0.717) is 5.22 Å². The summed E-state index contributed by atoms with van der Waals surface area (Å²) in [6.45, 7) is 0. The molecule has 5 heteroatoms. The molecule has 94 valence electrons. The molecule has 0 bridgehead atoms. The Kier molecular flexibility index (Phi) is 3.07. The summed E-state index contributed by atoms with van der Waals surface area (Å²) < 4.78 is 5.46. The van der Waals surface area contributed by atoms with Crippen molar-refractivity contribution >= 4 is 11.6 Å². The molecular formula is C13H14ClN3O. The van der Waals surface area contributed by atoms with E-state index in [1.807, 2.05) is 18.3 Å². The molecule has 3 N–H and O–H groups in total. The van der Waals surface area contributed by atoms with E-state index in [2.05, 4.69) is 16.5 Å². The molecule has 1 aliphatic carbocycles. The number of nitrogens with one attached hydrogen (secondary N) is 1. The van der Waals surface area contributed by atoms with E-state index < -0.39 is 0 Å². The highest BCUT2D eigenvalue weighted by molar-refractivity contribution is 6.28. The summed E-state index contributed by atoms with van der Waals surface area (Å²) in [4.78, 5) is 4.47. The number of hydrazine groups is 1. The summed E-state index contributed by atoms with van der Waals surface area (Å²) >= 11 is 5.82. The lowest BCUT2D eigenvalue weighted by atomic mass is 9.95. The van der Waals surface area contributed by atoms with Gasteiger partial charge < -0.3 is 4.42 Å². The smallest absolute Gasteiger partial charge is 0.193 e. The first kappa shape index (κ1) is 11.7. The van der Waals surface area contributed by atoms with Crippen LogP contribution in [0.1, 0.15) is 35.4 Å². The summed E-state index contributed by atoms with van der Waals surface area (Å²) in [5.41, 5.74) is 5.22. The van der Waals surface area contributed by atoms with E-state index in [1.165, 1.54) is 5.56 Å². The number of fused-ring (bicyclic) bond motifs is 1. The monoisotopic (exact) mass is 263 g/mol. The topological polar surface area (TPSA) is 64.1 Å². The molecule has 0 amide bonds. The van der Waals surface area contributed by atoms with Crippen LogP contribution in [-0.2, 0) is 6.42 Å². The highest BCUT2D eigenvalue weighted by Crippen LogP contribution is 2.40. The number of nitrogens with two attached hydrogens (primary N) is 1. The van der Waals surface area contributed by atoms with Crippen molar-refractivity contribution in [1.82, 2.24) is 10.4 Å². The molecule has 0 fully saturated rings. The largest absolute Gasteiger partial charge is 0.448 e. The van der Waals surface area contributed by atoms with Crippen LogP contribution in [0.2, 0.25) is 5.22 Å². The molecule has 0 spiro atoms. The van der Waals surface area contributed by atoms with Crippen molar-refractivity contribution in [2.24, 2.45) is 5.84 Å². The second kappa shape index (κ2) is 4.72. The van der Waals surface area contributed by atoms with Gasteiger partial charge in [-0.05, 0) is 48.2 Å². The van der Waals surface area contributed by atoms with Gasteiger partial charge in [0, 0.05) is 17.8 Å². The molecule has 4 nitrogen and oxygen atoms in total. The highest BCUT2D eigenvalue weighted by Gasteiger charge is 2.33. The Hall–Kier alpha value is -1.36. The van der Waals surface area contributed by atoms with Gasteiger partial charge in [0.2, 0.25) is 0 Å². The van der Waals surface area contributed by atoms with Crippen LogP contribution < -0.4 is 11.3 Å². The minimum Gasteiger partial charge on any atom is -0.448 e. The summed E-state index contributed by atoms with van der Waals surface area (Å²) in [6, 6.07) is 7.58. The second-order valence-electron chi connectivity index (χ2n) is 4.48. The maximum Gasteiger partial charge on any atom is 0.193 e. The van der Waals surface area contributed by atoms with Gasteiger partial charge in [-0.3, -0.25) is 10.8 Å². The van der Waals surface area contributed by atoms with E-state index in [-0.39, 0.29) is 12.0 Å². The van der Waals surface area contributed by atoms with E-state index in [1.54, 1.807) is 6.07 Å². The van der Waals surface area contributed by atoms with Gasteiger partial charge in [0.1, 0.15) is 5.76 Å². The number of aromatic nitrogens is 1. The van der Waals surface area contributed by atoms with Crippen molar-refractivity contribution in [2.75, 3.05) is 0 Å². The van der Waals surface area contributed by atoms with Gasteiger partial charge in [0.25, 0.3) is 0 Å². The maximum atomic E-state index is 5.82. The molecule has 2 aromatic heterocycles. The quantitative estimate of drug-likeness (QED) is 0.660. The number of nitrogens with zero attached hydrogens (tertiary/aromatic N) is 1. The van der Waals surface area contributed by atoms with Crippen LogP contribution in [0.4, 0.5) is 0 Å². The third-order valence-electron chi connectivity index (χ3n) is 3.48. The summed E-state index contributed by atoms with van der Waals surface area (Å²) in [5.74, 6) is 6.66. The molecule has 2 atom stereocenters. The average molecular weight is 264 g/mol. The van der Waals surface area contributed by atoms with Crippen LogP contribution in [0.3, 0.4) is 0 Å². The van der Waals surface area contributed by atoms with Gasteiger partial charge in [0.05, 0.1) is 6.04 Å². The van der Waals surface area contributed by atoms with E-state index in [9.17, 15) is 0 Å². The molecule has 3 rings (SSSR count). The van der Waals surface area contributed by atoms with Crippen LogP contribution >= 0.6 is 11.6 Å². The summed E-state index contributed by atoms with van der Waals surface area (Å²) in [6.07, 6.45) is 3.86. The zero-order valence-corrected chi connectivity index (χ0v) is 10.5. The van der Waals surface area contributed by atoms with Gasteiger partial charge >= 0.3 is 0 Å². The number of hydrogen-bond acceptors (Lipinski definition) is 4. The number of rotatable bonds is 3. The number of hydrogen-bond donors (Lipinski definition) is 2. The number of pyridine rings is 1. The van der Waals surface area contributed by atoms with Crippen molar-refractivity contribution < 1.29 is 4.42 Å². The minimum atomic E-state index is -0.0892. The molecule has 18 heavy (non-hydrogen) atoms. The molecule has 0 aliphatic heterocycles. The van der Waals surface area contributed by atoms with Crippen LogP contribution in [0.5, 0.6) is 0 Å². The van der Waals surface area contributed by atoms with Crippen molar-refractivity contribution in [2.45, 2.75) is 24.8 Å². The van der Waals surface area contributed by atoms with Gasteiger partial charge in [-0.25, -0.2) is 5.43 Å². The molecule has 0 aromatic carbocycles. The SMILES string of the molecule is NNC(c1ccc(Cl)o1)C1CCc2cccnc21. The standard InChI is InChI=1S/C13H14ClN3O/c14-11-6-5-10(18-11)13(17-15)9-4-3-8-2-1-7-16-12(8)9/h1-2,5-7,9,13,17H,3-4,15H2. The predicted octanol–water partition coefficient (Wildman–Crippen LogP) is 2.56. The highest BCUT2D eigenvalue weighted by atomic mass is 35.5. The van der Waals surface area contributed by atoms with E-state index in [4.69, 9.17) is 21.9 Å². The fourth-order valence-corrected chi connectivity index (χ4v) is 2.81. The third kappa shape index (κ3) is 1.92. The van der Waals surface area contributed by atoms with Crippen LogP contribution in [0, 0.1) is 0 Å². The van der Waals surface area contributed by atoms with E-state index in [0.717, 1.165) is 24.3 Å². The first-order valence-corrected chi connectivity index (χ1v) is 6.32. The molecule has 2 aromatic rings. The van der Waals surface area contributed by atoms with Crippen molar-refractivity contribution in [1.29, 1.82) is 0 Å². The Morgan fingerprint density at radius 1 is 1.44 bits per heavy atom. The Bertz CT molecular complexity index is 555. The Labute approximate surface area is 110 Å². The summed E-state index contributed by atoms with van der Waals surface area (Å²) in [7, 11) is 0. The molecule has 2 unspecified atom stereocenters. The number of aryl methyl sites for hydroxylation is 1. The van der Waals surface area contributed by atoms with Gasteiger partial charge in [-0.1, -0.05) is 6.07 Å². The maximum absolute atomic E-state index is 5.82. The van der Waals surface area contributed by atoms with Crippen molar-refractivity contribution in [3.63, 3.8) is 0 Å². The van der Waals surface area contributed by atoms with Gasteiger partial charge in [-0.15, -0.1) is 0 Å². The van der Waals surface area contributed by atoms with Crippen molar-refractivity contribution in [3.8, 4) is 0 Å². The molecule has 0 radical (unpaired) electrons. The Balaban J connectivity index is 1.95. The van der Waals surface area contributed by atoms with E-state index >= 15 is 0 Å². The molecular weight excluding hydrogens is 250 g/mol. The lowest BCUT2D eigenvalue weighted by Gasteiger charge is -2.20. The van der Waals surface area contributed by atoms with Crippen molar-refractivity contribution in [3.05, 3.63) is 52.7 Å². The molecule has 1 aliphatic rings. The number of halogens is 1. The van der Waals surface area contributed by atoms with Crippen LogP contribution in [0.15, 0.2) is 34.9 Å². The Morgan fingerprint density at radius 3 is 3.06 bits per heavy atom. The van der Waals surface area contributed by atoms with Gasteiger partial charge in [-0.2, -0.15) is 0 Å². The first-order chi connectivity index (χ1) is 8.79. The minimum absolute atomic E-state index is 0.0892. The van der Waals surface area contributed by atoms with Crippen LogP contribution in [-0.4, -0.2) is 4.98 Å². The first-order valence-electron chi connectivity index (χ1n) is 5.94. The lowest BCUT2D eigenvalue weighted by molar-refractivity contribution is 0.365. The Morgan fingerprint density at radius 2 is 2.33 bits per heavy atom. The lowest BCUT2D eigenvalue weighted by Crippen LogP contribution is -2.32. The fraction of sp³-hybridized carbons (Fsp3) is 0.308. The third-order valence-corrected chi connectivity index (χ3v) is 3.69. The molecule has 2 heterocycles. The zero-order valence-electron chi connectivity index (χ0n) is 9.77. The zero-order chi connectivity index (χ0) is 12.5. The molecule has 0 saturated carbocycles.